The zero-order valence-corrected chi connectivity index (χ0v) is 13.0. The molecule has 0 aliphatic carbocycles. The average Bonchev–Trinajstić information content (AvgIpc) is 2.62. The van der Waals surface area contributed by atoms with E-state index in [2.05, 4.69) is 15.4 Å². The lowest BCUT2D eigenvalue weighted by molar-refractivity contribution is -0.123. The van der Waals surface area contributed by atoms with Crippen LogP contribution in [0.3, 0.4) is 0 Å². The average molecular weight is 349 g/mol. The Labute approximate surface area is 136 Å². The van der Waals surface area contributed by atoms with Crippen molar-refractivity contribution in [2.75, 3.05) is 15.4 Å². The first-order valence-corrected chi connectivity index (χ1v) is 8.34. The third kappa shape index (κ3) is 3.35. The van der Waals surface area contributed by atoms with Gasteiger partial charge in [-0.05, 0) is 36.4 Å². The molecule has 2 aromatic rings. The Morgan fingerprint density at radius 3 is 2.38 bits per heavy atom. The summed E-state index contributed by atoms with van der Waals surface area (Å²) in [6, 6.07) is 8.89. The van der Waals surface area contributed by atoms with E-state index in [1.54, 1.807) is 0 Å². The molecule has 1 aliphatic rings. The zero-order chi connectivity index (χ0) is 17.3. The molecule has 0 fully saturated rings. The zero-order valence-electron chi connectivity index (χ0n) is 12.2. The molecule has 2 amide bonds. The quantitative estimate of drug-likeness (QED) is 0.736. The highest BCUT2D eigenvalue weighted by Crippen LogP contribution is 2.28. The standard InChI is InChI=1S/C15H12FN3O4S/c16-9-2-1-3-10(6-9)19-24(22,23)11-4-5-12-13(7-11)18-15(21)8-14(20)17-12/h1-7,19H,8H2,(H,17,20)(H,18,21). The molecule has 9 heteroatoms. The molecule has 0 atom stereocenters. The van der Waals surface area contributed by atoms with Crippen molar-refractivity contribution >= 4 is 38.9 Å². The summed E-state index contributed by atoms with van der Waals surface area (Å²) < 4.78 is 40.2. The van der Waals surface area contributed by atoms with E-state index in [1.165, 1.54) is 36.4 Å². The van der Waals surface area contributed by atoms with Gasteiger partial charge in [-0.25, -0.2) is 12.8 Å². The third-order valence-electron chi connectivity index (χ3n) is 3.25. The number of hydrogen-bond acceptors (Lipinski definition) is 4. The van der Waals surface area contributed by atoms with Crippen LogP contribution in [-0.2, 0) is 19.6 Å². The molecule has 0 radical (unpaired) electrons. The summed E-state index contributed by atoms with van der Waals surface area (Å²) in [7, 11) is -3.99. The largest absolute Gasteiger partial charge is 0.324 e. The number of carbonyl (C=O) groups is 2. The molecule has 124 valence electrons. The van der Waals surface area contributed by atoms with Gasteiger partial charge in [-0.1, -0.05) is 6.07 Å². The van der Waals surface area contributed by atoms with Gasteiger partial charge in [0.25, 0.3) is 10.0 Å². The fraction of sp³-hybridized carbons (Fsp3) is 0.0667. The van der Waals surface area contributed by atoms with Crippen molar-refractivity contribution in [1.29, 1.82) is 0 Å². The van der Waals surface area contributed by atoms with Gasteiger partial charge in [0.2, 0.25) is 11.8 Å². The number of hydrogen-bond donors (Lipinski definition) is 3. The van der Waals surface area contributed by atoms with Gasteiger partial charge >= 0.3 is 0 Å². The predicted octanol–water partition coefficient (Wildman–Crippen LogP) is 1.91. The maximum atomic E-state index is 13.2. The summed E-state index contributed by atoms with van der Waals surface area (Å²) in [5.74, 6) is -1.61. The first-order valence-electron chi connectivity index (χ1n) is 6.86. The minimum absolute atomic E-state index is 0.0716. The summed E-state index contributed by atoms with van der Waals surface area (Å²) in [6.07, 6.45) is -0.349. The van der Waals surface area contributed by atoms with Crippen molar-refractivity contribution in [3.63, 3.8) is 0 Å². The number of nitrogens with one attached hydrogen (secondary N) is 3. The Hall–Kier alpha value is -2.94. The van der Waals surface area contributed by atoms with Gasteiger partial charge in [0.1, 0.15) is 12.2 Å². The van der Waals surface area contributed by atoms with E-state index in [0.29, 0.717) is 5.69 Å². The molecule has 2 aromatic carbocycles. The Morgan fingerprint density at radius 2 is 1.67 bits per heavy atom. The summed E-state index contributed by atoms with van der Waals surface area (Å²) in [6.45, 7) is 0. The fourth-order valence-corrected chi connectivity index (χ4v) is 3.28. The van der Waals surface area contributed by atoms with Gasteiger partial charge in [0.15, 0.2) is 0 Å². The molecule has 0 saturated heterocycles. The van der Waals surface area contributed by atoms with E-state index in [4.69, 9.17) is 0 Å². The molecule has 0 spiro atoms. The van der Waals surface area contributed by atoms with Crippen molar-refractivity contribution in [2.24, 2.45) is 0 Å². The molecule has 0 aromatic heterocycles. The summed E-state index contributed by atoms with van der Waals surface area (Å²) in [4.78, 5) is 22.9. The molecule has 0 saturated carbocycles. The smallest absolute Gasteiger partial charge is 0.261 e. The van der Waals surface area contributed by atoms with Crippen LogP contribution in [0.2, 0.25) is 0 Å². The van der Waals surface area contributed by atoms with Gasteiger partial charge in [-0.2, -0.15) is 0 Å². The Kier molecular flexibility index (Phi) is 3.94. The van der Waals surface area contributed by atoms with Crippen LogP contribution in [0.5, 0.6) is 0 Å². The van der Waals surface area contributed by atoms with Crippen LogP contribution in [0.1, 0.15) is 6.42 Å². The molecule has 3 rings (SSSR count). The molecule has 0 unspecified atom stereocenters. The Bertz CT molecular complexity index is 943. The van der Waals surface area contributed by atoms with E-state index < -0.39 is 27.7 Å². The van der Waals surface area contributed by atoms with Crippen molar-refractivity contribution in [1.82, 2.24) is 0 Å². The number of benzene rings is 2. The minimum atomic E-state index is -3.99. The molecular weight excluding hydrogens is 337 g/mol. The van der Waals surface area contributed by atoms with Gasteiger partial charge in [0, 0.05) is 0 Å². The second-order valence-electron chi connectivity index (χ2n) is 5.10. The van der Waals surface area contributed by atoms with Crippen molar-refractivity contribution in [2.45, 2.75) is 11.3 Å². The number of carbonyl (C=O) groups excluding carboxylic acids is 2. The van der Waals surface area contributed by atoms with Gasteiger partial charge < -0.3 is 10.6 Å². The van der Waals surface area contributed by atoms with Crippen LogP contribution in [0.15, 0.2) is 47.4 Å². The lowest BCUT2D eigenvalue weighted by atomic mass is 10.2. The number of rotatable bonds is 3. The van der Waals surface area contributed by atoms with Crippen molar-refractivity contribution < 1.29 is 22.4 Å². The minimum Gasteiger partial charge on any atom is -0.324 e. The predicted molar refractivity (Wildman–Crippen MR) is 85.5 cm³/mol. The maximum absolute atomic E-state index is 13.2. The molecule has 3 N–H and O–H groups in total. The Balaban J connectivity index is 1.94. The van der Waals surface area contributed by atoms with E-state index in [1.807, 2.05) is 0 Å². The maximum Gasteiger partial charge on any atom is 0.261 e. The van der Waals surface area contributed by atoms with Crippen molar-refractivity contribution in [3.05, 3.63) is 48.3 Å². The van der Waals surface area contributed by atoms with Gasteiger partial charge in [0.05, 0.1) is 22.0 Å². The topological polar surface area (TPSA) is 104 Å². The molecule has 1 aliphatic heterocycles. The summed E-state index contributed by atoms with van der Waals surface area (Å²) in [5.41, 5.74) is 0.547. The number of halogens is 1. The van der Waals surface area contributed by atoms with Crippen LogP contribution < -0.4 is 15.4 Å². The fourth-order valence-electron chi connectivity index (χ4n) is 2.20. The molecule has 24 heavy (non-hydrogen) atoms. The molecule has 7 nitrogen and oxygen atoms in total. The van der Waals surface area contributed by atoms with E-state index >= 15 is 0 Å². The first-order chi connectivity index (χ1) is 11.3. The van der Waals surface area contributed by atoms with E-state index in [0.717, 1.165) is 6.07 Å². The Morgan fingerprint density at radius 1 is 0.958 bits per heavy atom. The number of amides is 2. The lowest BCUT2D eigenvalue weighted by Gasteiger charge is -2.12. The highest BCUT2D eigenvalue weighted by Gasteiger charge is 2.21. The molecule has 0 bridgehead atoms. The highest BCUT2D eigenvalue weighted by atomic mass is 32.2. The number of fused-ring (bicyclic) bond motifs is 1. The third-order valence-corrected chi connectivity index (χ3v) is 4.63. The number of sulfonamides is 1. The van der Waals surface area contributed by atoms with Crippen LogP contribution in [-0.4, -0.2) is 20.2 Å². The monoisotopic (exact) mass is 349 g/mol. The van der Waals surface area contributed by atoms with Gasteiger partial charge in [-0.15, -0.1) is 0 Å². The SMILES string of the molecule is O=C1CC(=O)Nc2cc(S(=O)(=O)Nc3cccc(F)c3)ccc2N1. The van der Waals surface area contributed by atoms with E-state index in [9.17, 15) is 22.4 Å². The molecule has 1 heterocycles. The summed E-state index contributed by atoms with van der Waals surface area (Å²) >= 11 is 0. The van der Waals surface area contributed by atoms with Crippen LogP contribution in [0.25, 0.3) is 0 Å². The lowest BCUT2D eigenvalue weighted by Crippen LogP contribution is -2.16. The van der Waals surface area contributed by atoms with Gasteiger partial charge in [-0.3, -0.25) is 14.3 Å². The number of anilines is 3. The van der Waals surface area contributed by atoms with Crippen molar-refractivity contribution in [3.8, 4) is 0 Å². The van der Waals surface area contributed by atoms with Crippen LogP contribution >= 0.6 is 0 Å². The normalized spacial score (nSPS) is 14.2. The van der Waals surface area contributed by atoms with E-state index in [-0.39, 0.29) is 22.7 Å². The molecular formula is C15H12FN3O4S. The second-order valence-corrected chi connectivity index (χ2v) is 6.78. The second kappa shape index (κ2) is 5.93. The summed E-state index contributed by atoms with van der Waals surface area (Å²) in [5, 5.41) is 4.97. The van der Waals surface area contributed by atoms with Crippen LogP contribution in [0.4, 0.5) is 21.5 Å². The van der Waals surface area contributed by atoms with Crippen LogP contribution in [0, 0.1) is 5.82 Å². The first kappa shape index (κ1) is 15.9. The highest BCUT2D eigenvalue weighted by molar-refractivity contribution is 7.92.